The highest BCUT2D eigenvalue weighted by Gasteiger charge is 2.28. The Labute approximate surface area is 120 Å². The summed E-state index contributed by atoms with van der Waals surface area (Å²) in [6.07, 6.45) is 10.9. The Morgan fingerprint density at radius 2 is 1.45 bits per heavy atom. The Bertz CT molecular complexity index is 336. The molecule has 4 amide bonds. The molecule has 0 aromatic rings. The van der Waals surface area contributed by atoms with Crippen LogP contribution in [-0.4, -0.2) is 29.2 Å². The van der Waals surface area contributed by atoms with E-state index in [-0.39, 0.29) is 18.1 Å². The molecule has 20 heavy (non-hydrogen) atoms. The van der Waals surface area contributed by atoms with Crippen LogP contribution >= 0.6 is 0 Å². The van der Waals surface area contributed by atoms with Gasteiger partial charge in [0.25, 0.3) is 0 Å². The first-order valence-corrected chi connectivity index (χ1v) is 7.82. The molecular weight excluding hydrogens is 256 g/mol. The third-order valence-corrected chi connectivity index (χ3v) is 4.32. The minimum Gasteiger partial charge on any atom is -0.350 e. The van der Waals surface area contributed by atoms with Crippen molar-refractivity contribution in [1.29, 1.82) is 0 Å². The number of hydrogen-bond acceptors (Lipinski definition) is 2. The van der Waals surface area contributed by atoms with Crippen LogP contribution in [0.5, 0.6) is 0 Å². The van der Waals surface area contributed by atoms with Crippen LogP contribution in [0, 0.1) is 0 Å². The Kier molecular flexibility index (Phi) is 5.49. The van der Waals surface area contributed by atoms with Gasteiger partial charge < -0.3 is 11.1 Å². The molecule has 2 aliphatic rings. The van der Waals surface area contributed by atoms with Crippen molar-refractivity contribution < 1.29 is 9.59 Å². The molecule has 2 rings (SSSR count). The van der Waals surface area contributed by atoms with Crippen LogP contribution in [-0.2, 0) is 0 Å². The van der Waals surface area contributed by atoms with Crippen molar-refractivity contribution in [1.82, 2.24) is 15.8 Å². The highest BCUT2D eigenvalue weighted by molar-refractivity contribution is 5.79. The first-order valence-electron chi connectivity index (χ1n) is 7.82. The van der Waals surface area contributed by atoms with E-state index >= 15 is 0 Å². The van der Waals surface area contributed by atoms with Crippen molar-refractivity contribution in [3.05, 3.63) is 0 Å². The van der Waals surface area contributed by atoms with Gasteiger partial charge in [-0.1, -0.05) is 38.5 Å². The van der Waals surface area contributed by atoms with Crippen molar-refractivity contribution >= 4 is 12.1 Å². The van der Waals surface area contributed by atoms with E-state index in [0.29, 0.717) is 0 Å². The van der Waals surface area contributed by atoms with Crippen molar-refractivity contribution in [3.8, 4) is 0 Å². The monoisotopic (exact) mass is 282 g/mol. The van der Waals surface area contributed by atoms with Crippen molar-refractivity contribution in [2.45, 2.75) is 76.3 Å². The molecule has 2 aliphatic carbocycles. The number of hydrogen-bond donors (Lipinski definition) is 3. The van der Waals surface area contributed by atoms with E-state index in [2.05, 4.69) is 10.7 Å². The summed E-state index contributed by atoms with van der Waals surface area (Å²) in [6, 6.07) is -0.575. The average Bonchev–Trinajstić information content (AvgIpc) is 2.46. The van der Waals surface area contributed by atoms with Gasteiger partial charge in [-0.2, -0.15) is 0 Å². The zero-order valence-electron chi connectivity index (χ0n) is 12.1. The van der Waals surface area contributed by atoms with E-state index in [1.54, 1.807) is 0 Å². The lowest BCUT2D eigenvalue weighted by atomic mass is 9.94. The topological polar surface area (TPSA) is 87.5 Å². The second-order valence-electron chi connectivity index (χ2n) is 5.92. The molecule has 0 aromatic carbocycles. The van der Waals surface area contributed by atoms with Crippen LogP contribution in [0.25, 0.3) is 0 Å². The summed E-state index contributed by atoms with van der Waals surface area (Å²) < 4.78 is 0. The van der Waals surface area contributed by atoms with Gasteiger partial charge in [0.05, 0.1) is 6.04 Å². The smallest absolute Gasteiger partial charge is 0.336 e. The SMILES string of the molecule is NC(=O)NN(C(=O)NC1CCCCC1)C1CCCCC1. The molecule has 4 N–H and O–H groups in total. The first kappa shape index (κ1) is 14.9. The van der Waals surface area contributed by atoms with Gasteiger partial charge in [-0.3, -0.25) is 0 Å². The Morgan fingerprint density at radius 1 is 0.900 bits per heavy atom. The molecule has 0 bridgehead atoms. The molecule has 0 radical (unpaired) electrons. The number of nitrogens with zero attached hydrogens (tertiary/aromatic N) is 1. The third-order valence-electron chi connectivity index (χ3n) is 4.32. The van der Waals surface area contributed by atoms with Crippen molar-refractivity contribution in [3.63, 3.8) is 0 Å². The van der Waals surface area contributed by atoms with Crippen molar-refractivity contribution in [2.75, 3.05) is 0 Å². The Hall–Kier alpha value is -1.46. The molecule has 0 spiro atoms. The fraction of sp³-hybridized carbons (Fsp3) is 0.857. The molecule has 0 unspecified atom stereocenters. The van der Waals surface area contributed by atoms with E-state index in [4.69, 9.17) is 5.73 Å². The predicted octanol–water partition coefficient (Wildman–Crippen LogP) is 2.25. The summed E-state index contributed by atoms with van der Waals surface area (Å²) in [5.74, 6) is 0. The molecule has 0 aromatic heterocycles. The second-order valence-corrected chi connectivity index (χ2v) is 5.92. The van der Waals surface area contributed by atoms with Crippen LogP contribution < -0.4 is 16.5 Å². The van der Waals surface area contributed by atoms with E-state index in [9.17, 15) is 9.59 Å². The summed E-state index contributed by atoms with van der Waals surface area (Å²) >= 11 is 0. The summed E-state index contributed by atoms with van der Waals surface area (Å²) in [4.78, 5) is 23.5. The predicted molar refractivity (Wildman–Crippen MR) is 76.8 cm³/mol. The summed E-state index contributed by atoms with van der Waals surface area (Å²) in [5.41, 5.74) is 7.70. The van der Waals surface area contributed by atoms with E-state index < -0.39 is 6.03 Å². The largest absolute Gasteiger partial charge is 0.350 e. The van der Waals surface area contributed by atoms with E-state index in [0.717, 1.165) is 51.4 Å². The number of nitrogens with one attached hydrogen (secondary N) is 2. The van der Waals surface area contributed by atoms with Crippen LogP contribution in [0.15, 0.2) is 0 Å². The van der Waals surface area contributed by atoms with Gasteiger partial charge in [-0.05, 0) is 25.7 Å². The molecule has 0 aliphatic heterocycles. The van der Waals surface area contributed by atoms with Crippen LogP contribution in [0.1, 0.15) is 64.2 Å². The number of urea groups is 2. The van der Waals surface area contributed by atoms with Gasteiger partial charge in [0, 0.05) is 6.04 Å². The minimum absolute atomic E-state index is 0.0693. The minimum atomic E-state index is -0.672. The van der Waals surface area contributed by atoms with Crippen LogP contribution in [0.3, 0.4) is 0 Å². The lowest BCUT2D eigenvalue weighted by Gasteiger charge is -2.35. The number of primary amides is 1. The van der Waals surface area contributed by atoms with Gasteiger partial charge >= 0.3 is 12.1 Å². The standard InChI is InChI=1S/C14H26N4O2/c15-13(19)17-18(12-9-5-2-6-10-12)14(20)16-11-7-3-1-4-8-11/h11-12H,1-10H2,(H,16,20)(H3,15,17,19). The summed E-state index contributed by atoms with van der Waals surface area (Å²) in [6.45, 7) is 0. The van der Waals surface area contributed by atoms with Crippen molar-refractivity contribution in [2.24, 2.45) is 5.73 Å². The molecule has 2 saturated carbocycles. The number of nitrogens with two attached hydrogens (primary N) is 1. The lowest BCUT2D eigenvalue weighted by Crippen LogP contribution is -2.58. The summed E-state index contributed by atoms with van der Waals surface area (Å²) in [5, 5.41) is 4.47. The molecule has 0 saturated heterocycles. The van der Waals surface area contributed by atoms with Crippen LogP contribution in [0.2, 0.25) is 0 Å². The lowest BCUT2D eigenvalue weighted by molar-refractivity contribution is 0.120. The fourth-order valence-electron chi connectivity index (χ4n) is 3.26. The molecule has 0 atom stereocenters. The quantitative estimate of drug-likeness (QED) is 0.678. The van der Waals surface area contributed by atoms with Gasteiger partial charge in [-0.25, -0.2) is 20.0 Å². The van der Waals surface area contributed by atoms with Crippen LogP contribution in [0.4, 0.5) is 9.59 Å². The van der Waals surface area contributed by atoms with Gasteiger partial charge in [0.15, 0.2) is 0 Å². The number of amides is 4. The first-order chi connectivity index (χ1) is 9.66. The zero-order chi connectivity index (χ0) is 14.4. The molecular formula is C14H26N4O2. The van der Waals surface area contributed by atoms with E-state index in [1.807, 2.05) is 0 Å². The van der Waals surface area contributed by atoms with Gasteiger partial charge in [-0.15, -0.1) is 0 Å². The maximum Gasteiger partial charge on any atom is 0.336 e. The highest BCUT2D eigenvalue weighted by Crippen LogP contribution is 2.22. The van der Waals surface area contributed by atoms with Gasteiger partial charge in [0.2, 0.25) is 0 Å². The number of carbonyl (C=O) groups excluding carboxylic acids is 2. The Balaban J connectivity index is 1.93. The number of rotatable bonds is 2. The molecule has 6 nitrogen and oxygen atoms in total. The maximum absolute atomic E-state index is 12.4. The number of hydrazine groups is 1. The average molecular weight is 282 g/mol. The Morgan fingerprint density at radius 3 is 2.00 bits per heavy atom. The normalized spacial score (nSPS) is 21.2. The molecule has 0 heterocycles. The fourth-order valence-corrected chi connectivity index (χ4v) is 3.26. The second kappa shape index (κ2) is 7.36. The number of carbonyl (C=O) groups is 2. The van der Waals surface area contributed by atoms with Gasteiger partial charge in [0.1, 0.15) is 0 Å². The maximum atomic E-state index is 12.4. The summed E-state index contributed by atoms with van der Waals surface area (Å²) in [7, 11) is 0. The zero-order valence-corrected chi connectivity index (χ0v) is 12.1. The third kappa shape index (κ3) is 4.28. The van der Waals surface area contributed by atoms with E-state index in [1.165, 1.54) is 17.9 Å². The highest BCUT2D eigenvalue weighted by atomic mass is 16.2. The molecule has 2 fully saturated rings. The molecule has 6 heteroatoms. The molecule has 114 valence electrons.